The molecule has 0 aliphatic heterocycles. The Labute approximate surface area is 77.9 Å². The van der Waals surface area contributed by atoms with Crippen molar-refractivity contribution in [2.75, 3.05) is 13.2 Å². The van der Waals surface area contributed by atoms with Crippen LogP contribution in [0.15, 0.2) is 0 Å². The Kier molecular flexibility index (Phi) is 7.10. The zero-order chi connectivity index (χ0) is 10.2. The van der Waals surface area contributed by atoms with Crippen molar-refractivity contribution in [3.63, 3.8) is 0 Å². The quantitative estimate of drug-likeness (QED) is 0.340. The Morgan fingerprint density at radius 2 is 1.31 bits per heavy atom. The lowest BCUT2D eigenvalue weighted by molar-refractivity contribution is -0.258. The maximum Gasteiger partial charge on any atom is 0.453 e. The first kappa shape index (κ1) is 12.8. The maximum atomic E-state index is 10.7. The average Bonchev–Trinajstić information content (AvgIpc) is 2.05. The molecule has 0 amide bonds. The topological polar surface area (TPSA) is 71.1 Å². The molecule has 0 aliphatic rings. The van der Waals surface area contributed by atoms with E-state index in [1.807, 2.05) is 13.8 Å². The first-order valence-electron chi connectivity index (χ1n) is 3.99. The third kappa shape index (κ3) is 8.13. The molecular weight excluding hydrogens is 200 g/mol. The fourth-order valence-corrected chi connectivity index (χ4v) is 0.758. The number of hydrogen-bond acceptors (Lipinski definition) is 6. The van der Waals surface area contributed by atoms with E-state index < -0.39 is 10.4 Å². The van der Waals surface area contributed by atoms with Gasteiger partial charge in [0.2, 0.25) is 0 Å². The van der Waals surface area contributed by atoms with Gasteiger partial charge < -0.3 is 0 Å². The van der Waals surface area contributed by atoms with Crippen molar-refractivity contribution < 1.29 is 26.9 Å². The van der Waals surface area contributed by atoms with Crippen molar-refractivity contribution in [3.8, 4) is 0 Å². The van der Waals surface area contributed by atoms with Gasteiger partial charge in [0.15, 0.2) is 0 Å². The second-order valence-corrected chi connectivity index (χ2v) is 3.28. The smallest absolute Gasteiger partial charge is 0.218 e. The molecule has 0 saturated carbocycles. The van der Waals surface area contributed by atoms with Crippen LogP contribution in [0.1, 0.15) is 26.7 Å². The highest BCUT2D eigenvalue weighted by Crippen LogP contribution is 1.98. The zero-order valence-corrected chi connectivity index (χ0v) is 8.50. The minimum Gasteiger partial charge on any atom is -0.218 e. The molecule has 0 spiro atoms. The van der Waals surface area contributed by atoms with Crippen molar-refractivity contribution >= 4 is 10.4 Å². The SMILES string of the molecule is CCCOOS(=O)(=O)OOCCC. The van der Waals surface area contributed by atoms with E-state index in [9.17, 15) is 8.42 Å². The van der Waals surface area contributed by atoms with Crippen LogP contribution in [0.2, 0.25) is 0 Å². The minimum absolute atomic E-state index is 0.177. The van der Waals surface area contributed by atoms with Gasteiger partial charge in [-0.1, -0.05) is 22.5 Å². The molecule has 0 aromatic rings. The lowest BCUT2D eigenvalue weighted by Crippen LogP contribution is -2.12. The summed E-state index contributed by atoms with van der Waals surface area (Å²) >= 11 is 0. The summed E-state index contributed by atoms with van der Waals surface area (Å²) in [6.07, 6.45) is 1.29. The van der Waals surface area contributed by atoms with Gasteiger partial charge in [-0.2, -0.15) is 8.42 Å². The molecule has 0 radical (unpaired) electrons. The van der Waals surface area contributed by atoms with Crippen molar-refractivity contribution in [2.24, 2.45) is 0 Å². The van der Waals surface area contributed by atoms with E-state index in [1.54, 1.807) is 0 Å². The largest absolute Gasteiger partial charge is 0.453 e. The maximum absolute atomic E-state index is 10.7. The second kappa shape index (κ2) is 7.22. The summed E-state index contributed by atoms with van der Waals surface area (Å²) in [7, 11) is -4.17. The van der Waals surface area contributed by atoms with E-state index in [4.69, 9.17) is 0 Å². The van der Waals surface area contributed by atoms with Gasteiger partial charge in [-0.25, -0.2) is 9.78 Å². The molecule has 0 unspecified atom stereocenters. The number of rotatable bonds is 8. The Bertz CT molecular complexity index is 183. The van der Waals surface area contributed by atoms with Gasteiger partial charge >= 0.3 is 10.4 Å². The first-order chi connectivity index (χ1) is 6.12. The van der Waals surface area contributed by atoms with Crippen LogP contribution in [-0.4, -0.2) is 21.6 Å². The van der Waals surface area contributed by atoms with Crippen molar-refractivity contribution in [1.82, 2.24) is 0 Å². The molecule has 0 rings (SSSR count). The third-order valence-corrected chi connectivity index (χ3v) is 1.36. The second-order valence-electron chi connectivity index (χ2n) is 2.19. The van der Waals surface area contributed by atoms with Crippen LogP contribution in [0.5, 0.6) is 0 Å². The van der Waals surface area contributed by atoms with Crippen LogP contribution in [-0.2, 0) is 28.8 Å². The van der Waals surface area contributed by atoms with Gasteiger partial charge in [0, 0.05) is 0 Å². The predicted molar refractivity (Wildman–Crippen MR) is 43.6 cm³/mol. The highest BCUT2D eigenvalue weighted by molar-refractivity contribution is 7.81. The zero-order valence-electron chi connectivity index (χ0n) is 7.69. The summed E-state index contributed by atoms with van der Waals surface area (Å²) in [5, 5.41) is 0. The fraction of sp³-hybridized carbons (Fsp3) is 1.00. The minimum atomic E-state index is -4.17. The summed E-state index contributed by atoms with van der Waals surface area (Å²) < 4.78 is 29.3. The molecule has 13 heavy (non-hydrogen) atoms. The lowest BCUT2D eigenvalue weighted by Gasteiger charge is -2.02. The first-order valence-corrected chi connectivity index (χ1v) is 5.32. The van der Waals surface area contributed by atoms with Gasteiger partial charge in [0.25, 0.3) is 0 Å². The molecular formula is C6H14O6S. The Hall–Kier alpha value is -0.210. The summed E-state index contributed by atoms with van der Waals surface area (Å²) in [6, 6.07) is 0. The van der Waals surface area contributed by atoms with Gasteiger partial charge in [0.1, 0.15) is 0 Å². The molecule has 0 saturated heterocycles. The molecule has 0 aromatic heterocycles. The van der Waals surface area contributed by atoms with Crippen LogP contribution in [0.25, 0.3) is 0 Å². The highest BCUT2D eigenvalue weighted by atomic mass is 32.3. The van der Waals surface area contributed by atoms with E-state index >= 15 is 0 Å². The number of hydrogen-bond donors (Lipinski definition) is 0. The van der Waals surface area contributed by atoms with Gasteiger partial charge in [0.05, 0.1) is 13.2 Å². The van der Waals surface area contributed by atoms with Crippen LogP contribution in [0, 0.1) is 0 Å². The molecule has 6 nitrogen and oxygen atoms in total. The van der Waals surface area contributed by atoms with Crippen LogP contribution >= 0.6 is 0 Å². The summed E-state index contributed by atoms with van der Waals surface area (Å²) in [6.45, 7) is 3.97. The van der Waals surface area contributed by atoms with E-state index in [2.05, 4.69) is 18.4 Å². The van der Waals surface area contributed by atoms with Crippen LogP contribution < -0.4 is 0 Å². The Balaban J connectivity index is 3.55. The summed E-state index contributed by atoms with van der Waals surface area (Å²) in [4.78, 5) is 8.57. The molecule has 0 aromatic carbocycles. The third-order valence-electron chi connectivity index (χ3n) is 0.838. The standard InChI is InChI=1S/C6H14O6S/c1-3-5-9-11-13(7,8)12-10-6-4-2/h3-6H2,1-2H3. The Morgan fingerprint density at radius 1 is 0.923 bits per heavy atom. The van der Waals surface area contributed by atoms with Crippen LogP contribution in [0.3, 0.4) is 0 Å². The van der Waals surface area contributed by atoms with E-state index in [1.165, 1.54) is 0 Å². The molecule has 7 heteroatoms. The molecule has 0 N–H and O–H groups in total. The summed E-state index contributed by atoms with van der Waals surface area (Å²) in [5.74, 6) is 0. The molecule has 0 atom stereocenters. The lowest BCUT2D eigenvalue weighted by atomic mass is 10.5. The molecule has 0 fully saturated rings. The van der Waals surface area contributed by atoms with E-state index in [0.29, 0.717) is 12.8 Å². The van der Waals surface area contributed by atoms with Gasteiger partial charge in [-0.3, -0.25) is 0 Å². The van der Waals surface area contributed by atoms with Gasteiger partial charge in [-0.05, 0) is 12.8 Å². The molecule has 80 valence electrons. The molecule has 0 aliphatic carbocycles. The highest BCUT2D eigenvalue weighted by Gasteiger charge is 2.14. The normalized spacial score (nSPS) is 11.8. The average molecular weight is 214 g/mol. The van der Waals surface area contributed by atoms with Crippen molar-refractivity contribution in [1.29, 1.82) is 0 Å². The van der Waals surface area contributed by atoms with E-state index in [0.717, 1.165) is 0 Å². The Morgan fingerprint density at radius 3 is 1.62 bits per heavy atom. The van der Waals surface area contributed by atoms with Crippen LogP contribution in [0.4, 0.5) is 0 Å². The summed E-state index contributed by atoms with van der Waals surface area (Å²) in [5.41, 5.74) is 0. The predicted octanol–water partition coefficient (Wildman–Crippen LogP) is 0.948. The molecule has 0 bridgehead atoms. The van der Waals surface area contributed by atoms with Crippen molar-refractivity contribution in [2.45, 2.75) is 26.7 Å². The fourth-order valence-electron chi connectivity index (χ4n) is 0.364. The van der Waals surface area contributed by atoms with E-state index in [-0.39, 0.29) is 13.2 Å². The monoisotopic (exact) mass is 214 g/mol. The van der Waals surface area contributed by atoms with Crippen molar-refractivity contribution in [3.05, 3.63) is 0 Å². The molecule has 0 heterocycles. The van der Waals surface area contributed by atoms with Gasteiger partial charge in [-0.15, -0.1) is 0 Å².